The molecule has 0 heterocycles. The van der Waals surface area contributed by atoms with E-state index in [1.807, 2.05) is 18.2 Å². The quantitative estimate of drug-likeness (QED) is 0.820. The largest absolute Gasteiger partial charge is 0.396 e. The lowest BCUT2D eigenvalue weighted by Gasteiger charge is -2.05. The summed E-state index contributed by atoms with van der Waals surface area (Å²) in [6, 6.07) is 16.3. The van der Waals surface area contributed by atoms with Crippen LogP contribution in [0.5, 0.6) is 0 Å². The van der Waals surface area contributed by atoms with E-state index in [0.29, 0.717) is 6.42 Å². The van der Waals surface area contributed by atoms with Crippen molar-refractivity contribution in [2.45, 2.75) is 21.1 Å². The second kappa shape index (κ2) is 6.15. The van der Waals surface area contributed by atoms with Crippen LogP contribution in [0.3, 0.4) is 0 Å². The second-order valence-corrected chi connectivity index (χ2v) is 5.28. The third-order valence-corrected chi connectivity index (χ3v) is 4.04. The summed E-state index contributed by atoms with van der Waals surface area (Å²) in [7, 11) is 0. The Balaban J connectivity index is 2.11. The molecule has 2 aromatic carbocycles. The lowest BCUT2D eigenvalue weighted by Crippen LogP contribution is -1.89. The Kier molecular flexibility index (Phi) is 4.54. The van der Waals surface area contributed by atoms with Gasteiger partial charge in [0.2, 0.25) is 0 Å². The molecule has 1 N–H and O–H groups in total. The molecule has 17 heavy (non-hydrogen) atoms. The molecule has 88 valence electrons. The Morgan fingerprint density at radius 3 is 2.35 bits per heavy atom. The minimum atomic E-state index is 0.200. The average molecular weight is 262 g/mol. The lowest BCUT2D eigenvalue weighted by atomic mass is 10.2. The highest BCUT2D eigenvalue weighted by atomic mass is 32.2. The van der Waals surface area contributed by atoms with Crippen molar-refractivity contribution in [3.63, 3.8) is 0 Å². The maximum Gasteiger partial charge on any atom is 0.0471 e. The molecule has 0 amide bonds. The van der Waals surface area contributed by atoms with Gasteiger partial charge in [0, 0.05) is 21.3 Å². The van der Waals surface area contributed by atoms with Crippen molar-refractivity contribution in [3.8, 4) is 0 Å². The van der Waals surface area contributed by atoms with Crippen LogP contribution in [-0.4, -0.2) is 11.7 Å². The van der Waals surface area contributed by atoms with Crippen LogP contribution in [0.25, 0.3) is 0 Å². The first kappa shape index (κ1) is 12.6. The molecular weight excluding hydrogens is 248 g/mol. The van der Waals surface area contributed by atoms with Crippen molar-refractivity contribution >= 4 is 24.4 Å². The fourth-order valence-corrected chi connectivity index (χ4v) is 2.67. The van der Waals surface area contributed by atoms with Crippen molar-refractivity contribution in [3.05, 3.63) is 54.1 Å². The lowest BCUT2D eigenvalue weighted by molar-refractivity contribution is 0.299. The van der Waals surface area contributed by atoms with E-state index in [1.165, 1.54) is 4.90 Å². The summed E-state index contributed by atoms with van der Waals surface area (Å²) in [6.45, 7) is 0.200. The first-order chi connectivity index (χ1) is 8.29. The van der Waals surface area contributed by atoms with Crippen molar-refractivity contribution in [1.82, 2.24) is 0 Å². The highest BCUT2D eigenvalue weighted by molar-refractivity contribution is 7.99. The molecule has 0 unspecified atom stereocenters. The fourth-order valence-electron chi connectivity index (χ4n) is 1.52. The SMILES string of the molecule is OCCc1ccc(Sc2ccccc2S)cc1. The molecule has 0 aliphatic heterocycles. The third kappa shape index (κ3) is 3.53. The summed E-state index contributed by atoms with van der Waals surface area (Å²) >= 11 is 6.13. The predicted molar refractivity (Wildman–Crippen MR) is 75.0 cm³/mol. The average Bonchev–Trinajstić information content (AvgIpc) is 2.35. The van der Waals surface area contributed by atoms with Crippen molar-refractivity contribution in [1.29, 1.82) is 0 Å². The Hall–Kier alpha value is -0.900. The number of hydrogen-bond donors (Lipinski definition) is 2. The zero-order chi connectivity index (χ0) is 12.1. The van der Waals surface area contributed by atoms with Crippen LogP contribution in [0, 0.1) is 0 Å². The van der Waals surface area contributed by atoms with Gasteiger partial charge in [-0.3, -0.25) is 0 Å². The van der Waals surface area contributed by atoms with Gasteiger partial charge in [-0.1, -0.05) is 36.0 Å². The van der Waals surface area contributed by atoms with E-state index < -0.39 is 0 Å². The van der Waals surface area contributed by atoms with E-state index in [1.54, 1.807) is 11.8 Å². The topological polar surface area (TPSA) is 20.2 Å². The maximum absolute atomic E-state index is 8.85. The molecule has 2 rings (SSSR count). The van der Waals surface area contributed by atoms with E-state index in [4.69, 9.17) is 5.11 Å². The first-order valence-corrected chi connectivity index (χ1v) is 6.71. The van der Waals surface area contributed by atoms with Gasteiger partial charge >= 0.3 is 0 Å². The van der Waals surface area contributed by atoms with Crippen molar-refractivity contribution < 1.29 is 5.11 Å². The van der Waals surface area contributed by atoms with E-state index in [0.717, 1.165) is 15.4 Å². The molecule has 0 aliphatic rings. The molecule has 0 bridgehead atoms. The Bertz CT molecular complexity index is 480. The summed E-state index contributed by atoms with van der Waals surface area (Å²) in [4.78, 5) is 3.34. The van der Waals surface area contributed by atoms with Gasteiger partial charge in [0.1, 0.15) is 0 Å². The van der Waals surface area contributed by atoms with Gasteiger partial charge in [-0.05, 0) is 36.2 Å². The third-order valence-electron chi connectivity index (χ3n) is 2.42. The molecule has 3 heteroatoms. The monoisotopic (exact) mass is 262 g/mol. The van der Waals surface area contributed by atoms with E-state index in [-0.39, 0.29) is 6.61 Å². The predicted octanol–water partition coefficient (Wildman–Crippen LogP) is 3.66. The van der Waals surface area contributed by atoms with Crippen LogP contribution in [0.2, 0.25) is 0 Å². The Morgan fingerprint density at radius 1 is 1.00 bits per heavy atom. The summed E-state index contributed by atoms with van der Waals surface area (Å²) in [6.07, 6.45) is 0.716. The normalized spacial score (nSPS) is 10.5. The molecule has 0 saturated carbocycles. The van der Waals surface area contributed by atoms with Crippen LogP contribution in [0.15, 0.2) is 63.2 Å². The number of benzene rings is 2. The minimum Gasteiger partial charge on any atom is -0.396 e. The summed E-state index contributed by atoms with van der Waals surface area (Å²) in [5.74, 6) is 0. The van der Waals surface area contributed by atoms with E-state index in [2.05, 4.69) is 43.0 Å². The first-order valence-electron chi connectivity index (χ1n) is 5.45. The molecule has 0 radical (unpaired) electrons. The molecule has 0 atom stereocenters. The molecule has 0 fully saturated rings. The Labute approximate surface area is 111 Å². The van der Waals surface area contributed by atoms with Gasteiger partial charge < -0.3 is 5.11 Å². The molecule has 2 aromatic rings. The Morgan fingerprint density at radius 2 is 1.71 bits per heavy atom. The zero-order valence-electron chi connectivity index (χ0n) is 9.34. The van der Waals surface area contributed by atoms with Crippen LogP contribution >= 0.6 is 24.4 Å². The maximum atomic E-state index is 8.85. The van der Waals surface area contributed by atoms with Crippen LogP contribution < -0.4 is 0 Å². The summed E-state index contributed by atoms with van der Waals surface area (Å²) in [5.41, 5.74) is 1.16. The van der Waals surface area contributed by atoms with Gasteiger partial charge in [-0.15, -0.1) is 12.6 Å². The summed E-state index contributed by atoms with van der Waals surface area (Å²) < 4.78 is 0. The zero-order valence-corrected chi connectivity index (χ0v) is 11.0. The standard InChI is InChI=1S/C14H14OS2/c15-10-9-11-5-7-12(8-6-11)17-14-4-2-1-3-13(14)16/h1-8,15-16H,9-10H2. The van der Waals surface area contributed by atoms with Crippen LogP contribution in [0.1, 0.15) is 5.56 Å². The van der Waals surface area contributed by atoms with Crippen molar-refractivity contribution in [2.24, 2.45) is 0 Å². The van der Waals surface area contributed by atoms with Gasteiger partial charge in [0.05, 0.1) is 0 Å². The number of hydrogen-bond acceptors (Lipinski definition) is 3. The molecule has 1 nitrogen and oxygen atoms in total. The van der Waals surface area contributed by atoms with Gasteiger partial charge in [-0.25, -0.2) is 0 Å². The molecular formula is C14H14OS2. The van der Waals surface area contributed by atoms with E-state index in [9.17, 15) is 0 Å². The fraction of sp³-hybridized carbons (Fsp3) is 0.143. The van der Waals surface area contributed by atoms with Gasteiger partial charge in [0.15, 0.2) is 0 Å². The second-order valence-electron chi connectivity index (χ2n) is 3.69. The van der Waals surface area contributed by atoms with Crippen molar-refractivity contribution in [2.75, 3.05) is 6.61 Å². The smallest absolute Gasteiger partial charge is 0.0471 e. The number of rotatable bonds is 4. The molecule has 0 spiro atoms. The number of aliphatic hydroxyl groups is 1. The van der Waals surface area contributed by atoms with Gasteiger partial charge in [-0.2, -0.15) is 0 Å². The molecule has 0 aliphatic carbocycles. The van der Waals surface area contributed by atoms with Crippen LogP contribution in [0.4, 0.5) is 0 Å². The highest BCUT2D eigenvalue weighted by Crippen LogP contribution is 2.32. The van der Waals surface area contributed by atoms with Gasteiger partial charge in [0.25, 0.3) is 0 Å². The summed E-state index contributed by atoms with van der Waals surface area (Å²) in [5, 5.41) is 8.85. The van der Waals surface area contributed by atoms with E-state index >= 15 is 0 Å². The van der Waals surface area contributed by atoms with Crippen LogP contribution in [-0.2, 0) is 6.42 Å². The molecule has 0 saturated heterocycles. The molecule has 0 aromatic heterocycles. The number of thiol groups is 1. The highest BCUT2D eigenvalue weighted by Gasteiger charge is 2.01. The minimum absolute atomic E-state index is 0.200. The number of aliphatic hydroxyl groups excluding tert-OH is 1.